The number of rotatable bonds is 6. The highest BCUT2D eigenvalue weighted by Gasteiger charge is 2.44. The predicted molar refractivity (Wildman–Crippen MR) is 90.0 cm³/mol. The maximum atomic E-state index is 12.3. The second-order valence-corrected chi connectivity index (χ2v) is 7.06. The number of benzene rings is 1. The van der Waals surface area contributed by atoms with Crippen molar-refractivity contribution in [1.29, 1.82) is 0 Å². The molecular weight excluding hydrogens is 332 g/mol. The van der Waals surface area contributed by atoms with Crippen molar-refractivity contribution < 1.29 is 24.2 Å². The number of carbonyl (C=O) groups is 3. The van der Waals surface area contributed by atoms with Crippen molar-refractivity contribution >= 4 is 35.2 Å². The van der Waals surface area contributed by atoms with Gasteiger partial charge in [-0.1, -0.05) is 0 Å². The standard InChI is InChI=1S/C16H20N2O5S/c1-10(14(20)18-16(15(21)22)7-8-23-9-16)24-13-5-3-12(4-6-13)17-11(2)19/h3-6,10H,7-9H2,1-2H3,(H,17,19)(H,18,20)(H,21,22). The molecule has 2 atom stereocenters. The Labute approximate surface area is 144 Å². The molecule has 0 bridgehead atoms. The molecule has 0 spiro atoms. The summed E-state index contributed by atoms with van der Waals surface area (Å²) >= 11 is 1.31. The van der Waals surface area contributed by atoms with Crippen LogP contribution >= 0.6 is 11.8 Å². The molecule has 1 saturated heterocycles. The number of amides is 2. The zero-order chi connectivity index (χ0) is 17.7. The van der Waals surface area contributed by atoms with Crippen LogP contribution in [0.1, 0.15) is 20.3 Å². The third-order valence-electron chi connectivity index (χ3n) is 3.65. The highest BCUT2D eigenvalue weighted by Crippen LogP contribution is 2.26. The molecule has 2 unspecified atom stereocenters. The van der Waals surface area contributed by atoms with E-state index < -0.39 is 16.8 Å². The van der Waals surface area contributed by atoms with E-state index in [0.29, 0.717) is 12.3 Å². The molecule has 1 aromatic carbocycles. The molecule has 1 heterocycles. The molecule has 2 amide bonds. The van der Waals surface area contributed by atoms with Gasteiger partial charge in [0, 0.05) is 30.5 Å². The van der Waals surface area contributed by atoms with Gasteiger partial charge in [-0.15, -0.1) is 11.8 Å². The summed E-state index contributed by atoms with van der Waals surface area (Å²) < 4.78 is 5.13. The van der Waals surface area contributed by atoms with E-state index in [-0.39, 0.29) is 24.8 Å². The molecule has 130 valence electrons. The molecule has 0 aliphatic carbocycles. The first-order chi connectivity index (χ1) is 11.3. The number of carboxylic acid groups (broad SMARTS) is 1. The fourth-order valence-corrected chi connectivity index (χ4v) is 3.17. The fraction of sp³-hybridized carbons (Fsp3) is 0.438. The first kappa shape index (κ1) is 18.3. The second kappa shape index (κ2) is 7.67. The van der Waals surface area contributed by atoms with Crippen LogP contribution in [0.3, 0.4) is 0 Å². The highest BCUT2D eigenvalue weighted by molar-refractivity contribution is 8.00. The summed E-state index contributed by atoms with van der Waals surface area (Å²) in [4.78, 5) is 35.6. The van der Waals surface area contributed by atoms with Gasteiger partial charge in [-0.3, -0.25) is 9.59 Å². The number of carbonyl (C=O) groups excluding carboxylic acids is 2. The van der Waals surface area contributed by atoms with E-state index in [9.17, 15) is 19.5 Å². The third-order valence-corrected chi connectivity index (χ3v) is 4.76. The van der Waals surface area contributed by atoms with E-state index in [1.54, 1.807) is 31.2 Å². The van der Waals surface area contributed by atoms with E-state index in [4.69, 9.17) is 4.74 Å². The van der Waals surface area contributed by atoms with Crippen molar-refractivity contribution in [2.24, 2.45) is 0 Å². The summed E-state index contributed by atoms with van der Waals surface area (Å²) in [5.41, 5.74) is -0.654. The number of hydrogen-bond acceptors (Lipinski definition) is 5. The lowest BCUT2D eigenvalue weighted by Crippen LogP contribution is -2.56. The molecule has 24 heavy (non-hydrogen) atoms. The summed E-state index contributed by atoms with van der Waals surface area (Å²) in [5, 5.41) is 14.2. The number of nitrogens with one attached hydrogen (secondary N) is 2. The van der Waals surface area contributed by atoms with Crippen LogP contribution < -0.4 is 10.6 Å². The zero-order valence-corrected chi connectivity index (χ0v) is 14.3. The number of anilines is 1. The highest BCUT2D eigenvalue weighted by atomic mass is 32.2. The summed E-state index contributed by atoms with van der Waals surface area (Å²) in [7, 11) is 0. The monoisotopic (exact) mass is 352 g/mol. The SMILES string of the molecule is CC(=O)Nc1ccc(SC(C)C(=O)NC2(C(=O)O)CCOC2)cc1. The maximum absolute atomic E-state index is 12.3. The second-order valence-electron chi connectivity index (χ2n) is 5.64. The Kier molecular flexibility index (Phi) is 5.84. The molecule has 7 nitrogen and oxygen atoms in total. The summed E-state index contributed by atoms with van der Waals surface area (Å²) in [6, 6.07) is 7.09. The minimum atomic E-state index is -1.33. The third kappa shape index (κ3) is 4.48. The van der Waals surface area contributed by atoms with Crippen LogP contribution in [0, 0.1) is 0 Å². The van der Waals surface area contributed by atoms with Gasteiger partial charge in [0.25, 0.3) is 0 Å². The summed E-state index contributed by atoms with van der Waals surface area (Å²) in [6.45, 7) is 3.45. The lowest BCUT2D eigenvalue weighted by atomic mass is 9.99. The lowest BCUT2D eigenvalue weighted by molar-refractivity contribution is -0.147. The number of hydrogen-bond donors (Lipinski definition) is 3. The van der Waals surface area contributed by atoms with Gasteiger partial charge in [0.1, 0.15) is 0 Å². The molecule has 1 fully saturated rings. The first-order valence-electron chi connectivity index (χ1n) is 7.50. The van der Waals surface area contributed by atoms with E-state index >= 15 is 0 Å². The Morgan fingerprint density at radius 2 is 1.96 bits per heavy atom. The molecule has 2 rings (SSSR count). The van der Waals surface area contributed by atoms with Crippen LogP contribution in [-0.4, -0.2) is 46.9 Å². The minimum Gasteiger partial charge on any atom is -0.479 e. The predicted octanol–water partition coefficient (Wildman–Crippen LogP) is 1.49. The van der Waals surface area contributed by atoms with Crippen LogP contribution in [0.5, 0.6) is 0 Å². The Hall–Kier alpha value is -2.06. The number of thioether (sulfide) groups is 1. The average Bonchev–Trinajstić information content (AvgIpc) is 2.98. The first-order valence-corrected chi connectivity index (χ1v) is 8.38. The topological polar surface area (TPSA) is 105 Å². The normalized spacial score (nSPS) is 21.1. The van der Waals surface area contributed by atoms with Crippen LogP contribution in [0.2, 0.25) is 0 Å². The zero-order valence-electron chi connectivity index (χ0n) is 13.5. The Balaban J connectivity index is 1.96. The molecule has 0 aromatic heterocycles. The van der Waals surface area contributed by atoms with E-state index in [0.717, 1.165) is 4.90 Å². The fourth-order valence-electron chi connectivity index (χ4n) is 2.30. The van der Waals surface area contributed by atoms with Crippen molar-refractivity contribution in [3.8, 4) is 0 Å². The molecule has 3 N–H and O–H groups in total. The summed E-state index contributed by atoms with van der Waals surface area (Å²) in [6.07, 6.45) is 0.261. The quantitative estimate of drug-likeness (QED) is 0.670. The van der Waals surface area contributed by atoms with Gasteiger partial charge in [0.15, 0.2) is 5.54 Å². The summed E-state index contributed by atoms with van der Waals surface area (Å²) in [5.74, 6) is -1.58. The molecule has 1 aliphatic rings. The number of carboxylic acids is 1. The smallest absolute Gasteiger partial charge is 0.331 e. The molecule has 0 radical (unpaired) electrons. The van der Waals surface area contributed by atoms with E-state index in [1.807, 2.05) is 0 Å². The molecular formula is C16H20N2O5S. The Morgan fingerprint density at radius 3 is 2.46 bits per heavy atom. The van der Waals surface area contributed by atoms with Gasteiger partial charge in [-0.05, 0) is 31.2 Å². The molecule has 1 aromatic rings. The van der Waals surface area contributed by atoms with Crippen molar-refractivity contribution in [3.63, 3.8) is 0 Å². The van der Waals surface area contributed by atoms with Crippen LogP contribution in [-0.2, 0) is 19.1 Å². The van der Waals surface area contributed by atoms with Crippen molar-refractivity contribution in [1.82, 2.24) is 5.32 Å². The van der Waals surface area contributed by atoms with Crippen LogP contribution in [0.15, 0.2) is 29.2 Å². The van der Waals surface area contributed by atoms with Crippen LogP contribution in [0.4, 0.5) is 5.69 Å². The Bertz CT molecular complexity index is 626. The van der Waals surface area contributed by atoms with Gasteiger partial charge < -0.3 is 20.5 Å². The van der Waals surface area contributed by atoms with Gasteiger partial charge in [0.05, 0.1) is 11.9 Å². The van der Waals surface area contributed by atoms with Crippen LogP contribution in [0.25, 0.3) is 0 Å². The Morgan fingerprint density at radius 1 is 1.29 bits per heavy atom. The van der Waals surface area contributed by atoms with Crippen molar-refractivity contribution in [2.75, 3.05) is 18.5 Å². The number of aliphatic carboxylic acids is 1. The molecule has 1 aliphatic heterocycles. The minimum absolute atomic E-state index is 0.0170. The van der Waals surface area contributed by atoms with Gasteiger partial charge in [-0.2, -0.15) is 0 Å². The average molecular weight is 352 g/mol. The van der Waals surface area contributed by atoms with Crippen molar-refractivity contribution in [2.45, 2.75) is 36.0 Å². The maximum Gasteiger partial charge on any atom is 0.331 e. The van der Waals surface area contributed by atoms with Gasteiger partial charge in [0.2, 0.25) is 11.8 Å². The largest absolute Gasteiger partial charge is 0.479 e. The molecule has 0 saturated carbocycles. The van der Waals surface area contributed by atoms with Crippen molar-refractivity contribution in [3.05, 3.63) is 24.3 Å². The molecule has 8 heteroatoms. The number of ether oxygens (including phenoxy) is 1. The van der Waals surface area contributed by atoms with Gasteiger partial charge >= 0.3 is 5.97 Å². The lowest BCUT2D eigenvalue weighted by Gasteiger charge is -2.25. The van der Waals surface area contributed by atoms with E-state index in [1.165, 1.54) is 18.7 Å². The van der Waals surface area contributed by atoms with Gasteiger partial charge in [-0.25, -0.2) is 4.79 Å². The van der Waals surface area contributed by atoms with E-state index in [2.05, 4.69) is 10.6 Å².